The van der Waals surface area contributed by atoms with Gasteiger partial charge in [0.1, 0.15) is 17.3 Å². The number of nitrogens with zero attached hydrogens (tertiary/aromatic N) is 2. The van der Waals surface area contributed by atoms with E-state index in [2.05, 4.69) is 15.5 Å². The predicted octanol–water partition coefficient (Wildman–Crippen LogP) is 4.15. The lowest BCUT2D eigenvalue weighted by Gasteiger charge is -2.11. The molecule has 0 spiro atoms. The monoisotopic (exact) mass is 465 g/mol. The molecule has 0 saturated carbocycles. The van der Waals surface area contributed by atoms with Gasteiger partial charge in [-0.05, 0) is 37.3 Å². The summed E-state index contributed by atoms with van der Waals surface area (Å²) in [6, 6.07) is 12.0. The Morgan fingerprint density at radius 2 is 1.71 bits per heavy atom. The number of pyridine rings is 1. The van der Waals surface area contributed by atoms with E-state index in [4.69, 9.17) is 18.7 Å². The highest BCUT2D eigenvalue weighted by Crippen LogP contribution is 2.28. The van der Waals surface area contributed by atoms with Crippen LogP contribution in [0.25, 0.3) is 22.4 Å². The number of ether oxygens (including phenoxy) is 3. The van der Waals surface area contributed by atoms with Crippen LogP contribution in [0.5, 0.6) is 11.5 Å². The Morgan fingerprint density at radius 3 is 2.35 bits per heavy atom. The van der Waals surface area contributed by atoms with Crippen molar-refractivity contribution in [1.29, 1.82) is 0 Å². The van der Waals surface area contributed by atoms with Crippen molar-refractivity contribution in [2.24, 2.45) is 0 Å². The van der Waals surface area contributed by atoms with Crippen LogP contribution in [0.4, 0.5) is 10.1 Å². The predicted molar refractivity (Wildman–Crippen MR) is 120 cm³/mol. The Balaban J connectivity index is 1.54. The Morgan fingerprint density at radius 1 is 1.03 bits per heavy atom. The Bertz CT molecular complexity index is 1350. The number of carbonyl (C=O) groups excluding carboxylic acids is 2. The maximum Gasteiger partial charge on any atom is 0.339 e. The maximum absolute atomic E-state index is 13.3. The van der Waals surface area contributed by atoms with Gasteiger partial charge in [0.05, 0.1) is 36.6 Å². The summed E-state index contributed by atoms with van der Waals surface area (Å²) >= 11 is 0. The van der Waals surface area contributed by atoms with E-state index < -0.39 is 24.3 Å². The van der Waals surface area contributed by atoms with Crippen LogP contribution in [-0.2, 0) is 9.53 Å². The fourth-order valence-electron chi connectivity index (χ4n) is 3.31. The molecule has 34 heavy (non-hydrogen) atoms. The third kappa shape index (κ3) is 4.80. The minimum absolute atomic E-state index is 0.124. The second kappa shape index (κ2) is 9.57. The highest BCUT2D eigenvalue weighted by Gasteiger charge is 2.21. The molecule has 174 valence electrons. The lowest BCUT2D eigenvalue weighted by atomic mass is 10.1. The van der Waals surface area contributed by atoms with E-state index in [-0.39, 0.29) is 11.3 Å². The molecule has 10 heteroatoms. The first-order valence-electron chi connectivity index (χ1n) is 10.1. The van der Waals surface area contributed by atoms with Crippen LogP contribution in [-0.4, -0.2) is 42.8 Å². The highest BCUT2D eigenvalue weighted by atomic mass is 19.1. The van der Waals surface area contributed by atoms with Crippen molar-refractivity contribution in [3.05, 3.63) is 65.6 Å². The third-order valence-electron chi connectivity index (χ3n) is 4.95. The fourth-order valence-corrected chi connectivity index (χ4v) is 3.31. The average Bonchev–Trinajstić information content (AvgIpc) is 3.22. The normalized spacial score (nSPS) is 10.7. The average molecular weight is 465 g/mol. The number of hydrogen-bond acceptors (Lipinski definition) is 8. The number of anilines is 1. The Hall–Kier alpha value is -4.47. The van der Waals surface area contributed by atoms with Gasteiger partial charge in [0.25, 0.3) is 11.6 Å². The van der Waals surface area contributed by atoms with E-state index in [0.29, 0.717) is 39.5 Å². The number of methoxy groups -OCH3 is 2. The summed E-state index contributed by atoms with van der Waals surface area (Å²) in [7, 11) is 2.98. The molecule has 2 aromatic heterocycles. The number of carbonyl (C=O) groups is 2. The maximum atomic E-state index is 13.3. The van der Waals surface area contributed by atoms with Crippen molar-refractivity contribution in [1.82, 2.24) is 10.1 Å². The summed E-state index contributed by atoms with van der Waals surface area (Å²) in [5.74, 6) is -0.751. The molecular weight excluding hydrogens is 445 g/mol. The van der Waals surface area contributed by atoms with Gasteiger partial charge in [-0.1, -0.05) is 5.16 Å². The molecule has 0 saturated heterocycles. The zero-order chi connectivity index (χ0) is 24.2. The smallest absolute Gasteiger partial charge is 0.339 e. The fraction of sp³-hybridized carbons (Fsp3) is 0.167. The van der Waals surface area contributed by atoms with E-state index in [1.165, 1.54) is 44.6 Å². The number of benzene rings is 2. The van der Waals surface area contributed by atoms with Gasteiger partial charge >= 0.3 is 5.97 Å². The van der Waals surface area contributed by atoms with Crippen molar-refractivity contribution >= 4 is 28.7 Å². The van der Waals surface area contributed by atoms with Crippen LogP contribution in [0.2, 0.25) is 0 Å². The quantitative estimate of drug-likeness (QED) is 0.405. The Kier molecular flexibility index (Phi) is 6.39. The van der Waals surface area contributed by atoms with Gasteiger partial charge in [0.2, 0.25) is 0 Å². The van der Waals surface area contributed by atoms with Gasteiger partial charge in [0, 0.05) is 29.4 Å². The second-order valence-electron chi connectivity index (χ2n) is 7.24. The molecular formula is C24H20FN3O6. The van der Waals surface area contributed by atoms with Gasteiger partial charge in [-0.15, -0.1) is 0 Å². The van der Waals surface area contributed by atoms with E-state index in [1.54, 1.807) is 25.1 Å². The topological polar surface area (TPSA) is 113 Å². The molecule has 1 amide bonds. The van der Waals surface area contributed by atoms with Gasteiger partial charge < -0.3 is 24.1 Å². The van der Waals surface area contributed by atoms with Crippen LogP contribution in [0.3, 0.4) is 0 Å². The molecule has 0 bridgehead atoms. The first kappa shape index (κ1) is 22.7. The van der Waals surface area contributed by atoms with E-state index >= 15 is 0 Å². The molecule has 0 radical (unpaired) electrons. The molecule has 0 aliphatic heterocycles. The number of halogens is 1. The molecule has 0 fully saturated rings. The number of rotatable bonds is 7. The number of nitrogens with one attached hydrogen (secondary N) is 1. The molecule has 0 atom stereocenters. The summed E-state index contributed by atoms with van der Waals surface area (Å²) in [4.78, 5) is 29.7. The first-order valence-corrected chi connectivity index (χ1v) is 10.1. The van der Waals surface area contributed by atoms with Crippen molar-refractivity contribution in [2.45, 2.75) is 6.92 Å². The third-order valence-corrected chi connectivity index (χ3v) is 4.95. The number of aromatic nitrogens is 2. The van der Waals surface area contributed by atoms with Gasteiger partial charge in [-0.2, -0.15) is 0 Å². The summed E-state index contributed by atoms with van der Waals surface area (Å²) in [5, 5.41) is 6.86. The summed E-state index contributed by atoms with van der Waals surface area (Å²) in [6.45, 7) is 1.11. The molecule has 0 unspecified atom stereocenters. The van der Waals surface area contributed by atoms with Crippen LogP contribution in [0, 0.1) is 12.7 Å². The largest absolute Gasteiger partial charge is 0.497 e. The number of amides is 1. The van der Waals surface area contributed by atoms with Gasteiger partial charge in [0.15, 0.2) is 6.61 Å². The number of hydrogen-bond donors (Lipinski definition) is 1. The number of fused-ring (bicyclic) bond motifs is 1. The standard InChI is InChI=1S/C24H20FN3O6/c1-13-22-19(11-20(27-23(22)34-28-13)14-4-6-15(25)7-5-14)24(30)33-12-21(29)26-16-8-17(31-2)10-18(9-16)32-3/h4-11H,12H2,1-3H3,(H,26,29). The van der Waals surface area contributed by atoms with Crippen LogP contribution < -0.4 is 14.8 Å². The zero-order valence-corrected chi connectivity index (χ0v) is 18.5. The van der Waals surface area contributed by atoms with Crippen LogP contribution >= 0.6 is 0 Å². The minimum Gasteiger partial charge on any atom is -0.497 e. The van der Waals surface area contributed by atoms with E-state index in [9.17, 15) is 14.0 Å². The number of aryl methyl sites for hydroxylation is 1. The van der Waals surface area contributed by atoms with E-state index in [1.807, 2.05) is 0 Å². The lowest BCUT2D eigenvalue weighted by Crippen LogP contribution is -2.21. The van der Waals surface area contributed by atoms with Crippen LogP contribution in [0.15, 0.2) is 53.1 Å². The molecule has 4 rings (SSSR count). The van der Waals surface area contributed by atoms with Crippen molar-refractivity contribution in [2.75, 3.05) is 26.1 Å². The summed E-state index contributed by atoms with van der Waals surface area (Å²) < 4.78 is 34.1. The van der Waals surface area contributed by atoms with Gasteiger partial charge in [-0.3, -0.25) is 4.79 Å². The number of esters is 1. The van der Waals surface area contributed by atoms with E-state index in [0.717, 1.165) is 0 Å². The summed E-state index contributed by atoms with van der Waals surface area (Å²) in [5.41, 5.74) is 2.03. The summed E-state index contributed by atoms with van der Waals surface area (Å²) in [6.07, 6.45) is 0. The minimum atomic E-state index is -0.763. The first-order chi connectivity index (χ1) is 16.4. The Labute approximate surface area is 193 Å². The molecule has 0 aliphatic rings. The molecule has 9 nitrogen and oxygen atoms in total. The van der Waals surface area contributed by atoms with Gasteiger partial charge in [-0.25, -0.2) is 14.2 Å². The van der Waals surface area contributed by atoms with Crippen molar-refractivity contribution < 1.29 is 32.7 Å². The van der Waals surface area contributed by atoms with Crippen molar-refractivity contribution in [3.8, 4) is 22.8 Å². The highest BCUT2D eigenvalue weighted by molar-refractivity contribution is 6.05. The molecule has 1 N–H and O–H groups in total. The van der Waals surface area contributed by atoms with Crippen LogP contribution in [0.1, 0.15) is 16.1 Å². The second-order valence-corrected chi connectivity index (χ2v) is 7.24. The molecule has 2 aromatic carbocycles. The zero-order valence-electron chi connectivity index (χ0n) is 18.5. The SMILES string of the molecule is COc1cc(NC(=O)COC(=O)c2cc(-c3ccc(F)cc3)nc3onc(C)c23)cc(OC)c1. The molecule has 0 aliphatic carbocycles. The van der Waals surface area contributed by atoms with Crippen molar-refractivity contribution in [3.63, 3.8) is 0 Å². The molecule has 2 heterocycles. The lowest BCUT2D eigenvalue weighted by molar-refractivity contribution is -0.119. The molecule has 4 aromatic rings.